The molecule has 2 amide bonds. The fourth-order valence-corrected chi connectivity index (χ4v) is 3.16. The number of anilines is 1. The maximum absolute atomic E-state index is 11.8. The Bertz CT molecular complexity index is 635. The molecule has 1 aromatic heterocycles. The van der Waals surface area contributed by atoms with E-state index in [1.54, 1.807) is 30.5 Å². The quantitative estimate of drug-likeness (QED) is 0.439. The third-order valence-corrected chi connectivity index (χ3v) is 4.59. The lowest BCUT2D eigenvalue weighted by molar-refractivity contribution is -0.119. The van der Waals surface area contributed by atoms with Gasteiger partial charge in [-0.25, -0.2) is 4.98 Å². The van der Waals surface area contributed by atoms with Gasteiger partial charge in [0.05, 0.1) is 5.75 Å². The summed E-state index contributed by atoms with van der Waals surface area (Å²) in [5.41, 5.74) is 11.2. The van der Waals surface area contributed by atoms with E-state index in [2.05, 4.69) is 15.8 Å². The van der Waals surface area contributed by atoms with E-state index in [1.807, 2.05) is 18.2 Å². The molecule has 0 atom stereocenters. The molecule has 0 unspecified atom stereocenters. The molecule has 6 nitrogen and oxygen atoms in total. The Hall–Kier alpha value is -2.19. The summed E-state index contributed by atoms with van der Waals surface area (Å²) in [6, 6.07) is 12.0. The second-order valence-corrected chi connectivity index (χ2v) is 6.45. The van der Waals surface area contributed by atoms with E-state index in [0.717, 1.165) is 5.03 Å². The van der Waals surface area contributed by atoms with Gasteiger partial charge in [0.15, 0.2) is 0 Å². The number of pyridine rings is 1. The topological polar surface area (TPSA) is 97.1 Å². The van der Waals surface area contributed by atoms with E-state index >= 15 is 0 Å². The normalized spacial score (nSPS) is 10.0. The Kier molecular flexibility index (Phi) is 6.11. The van der Waals surface area contributed by atoms with Crippen LogP contribution in [0.2, 0.25) is 0 Å². The molecule has 0 aliphatic rings. The SMILES string of the molecule is Nc1ccc(C(=O)NNC(=O)CSSc2ccccn2)cc1. The first kappa shape index (κ1) is 16.2. The van der Waals surface area contributed by atoms with Crippen molar-refractivity contribution in [1.29, 1.82) is 0 Å². The van der Waals surface area contributed by atoms with Gasteiger partial charge in [0.1, 0.15) is 5.03 Å². The van der Waals surface area contributed by atoms with Crippen LogP contribution in [-0.2, 0) is 4.79 Å². The van der Waals surface area contributed by atoms with Crippen molar-refractivity contribution in [3.05, 3.63) is 54.2 Å². The Morgan fingerprint density at radius 3 is 2.55 bits per heavy atom. The van der Waals surface area contributed by atoms with Gasteiger partial charge in [-0.15, -0.1) is 0 Å². The van der Waals surface area contributed by atoms with E-state index in [1.165, 1.54) is 21.6 Å². The molecule has 4 N–H and O–H groups in total. The highest BCUT2D eigenvalue weighted by Gasteiger charge is 2.07. The van der Waals surface area contributed by atoms with Gasteiger partial charge in [0, 0.05) is 17.4 Å². The molecule has 8 heteroatoms. The summed E-state index contributed by atoms with van der Waals surface area (Å²) in [5.74, 6) is -0.489. The highest BCUT2D eigenvalue weighted by atomic mass is 33.1. The van der Waals surface area contributed by atoms with E-state index in [4.69, 9.17) is 5.73 Å². The zero-order chi connectivity index (χ0) is 15.8. The molecular weight excluding hydrogens is 320 g/mol. The number of carbonyl (C=O) groups excluding carboxylic acids is 2. The largest absolute Gasteiger partial charge is 0.399 e. The van der Waals surface area contributed by atoms with Gasteiger partial charge in [-0.1, -0.05) is 16.9 Å². The van der Waals surface area contributed by atoms with E-state index in [-0.39, 0.29) is 11.7 Å². The summed E-state index contributed by atoms with van der Waals surface area (Å²) in [6.07, 6.45) is 1.69. The van der Waals surface area contributed by atoms with Gasteiger partial charge in [-0.05, 0) is 47.2 Å². The average Bonchev–Trinajstić information content (AvgIpc) is 2.54. The lowest BCUT2D eigenvalue weighted by Crippen LogP contribution is -2.42. The van der Waals surface area contributed by atoms with Crippen LogP contribution in [0.25, 0.3) is 0 Å². The maximum atomic E-state index is 11.8. The first-order chi connectivity index (χ1) is 10.6. The van der Waals surface area contributed by atoms with Crippen molar-refractivity contribution in [3.63, 3.8) is 0 Å². The van der Waals surface area contributed by atoms with Crippen LogP contribution in [0, 0.1) is 0 Å². The number of nitrogen functional groups attached to an aromatic ring is 1. The van der Waals surface area contributed by atoms with Gasteiger partial charge in [0.25, 0.3) is 5.91 Å². The van der Waals surface area contributed by atoms with Crippen LogP contribution >= 0.6 is 21.6 Å². The Balaban J connectivity index is 1.69. The van der Waals surface area contributed by atoms with Gasteiger partial charge in [-0.2, -0.15) is 0 Å². The van der Waals surface area contributed by atoms with E-state index < -0.39 is 5.91 Å². The molecule has 2 aromatic rings. The molecule has 0 fully saturated rings. The Labute approximate surface area is 135 Å². The van der Waals surface area contributed by atoms with Gasteiger partial charge in [0.2, 0.25) is 5.91 Å². The molecule has 22 heavy (non-hydrogen) atoms. The number of nitrogens with one attached hydrogen (secondary N) is 2. The highest BCUT2D eigenvalue weighted by molar-refractivity contribution is 8.76. The predicted octanol–water partition coefficient (Wildman–Crippen LogP) is 1.87. The standard InChI is InChI=1S/C14H14N4O2S2/c15-11-6-4-10(5-7-11)14(20)18-17-12(19)9-21-22-13-3-1-2-8-16-13/h1-8H,9,15H2,(H,17,19)(H,18,20). The lowest BCUT2D eigenvalue weighted by atomic mass is 10.2. The summed E-state index contributed by atoms with van der Waals surface area (Å²) < 4.78 is 0. The van der Waals surface area contributed by atoms with Crippen molar-refractivity contribution in [2.24, 2.45) is 0 Å². The van der Waals surface area contributed by atoms with Crippen molar-refractivity contribution in [1.82, 2.24) is 15.8 Å². The highest BCUT2D eigenvalue weighted by Crippen LogP contribution is 2.28. The number of carbonyl (C=O) groups is 2. The molecule has 2 rings (SSSR count). The first-order valence-electron chi connectivity index (χ1n) is 6.30. The van der Waals surface area contributed by atoms with Crippen LogP contribution in [0.15, 0.2) is 53.7 Å². The molecular formula is C14H14N4O2S2. The van der Waals surface area contributed by atoms with Crippen molar-refractivity contribution >= 4 is 39.1 Å². The molecule has 1 heterocycles. The van der Waals surface area contributed by atoms with Crippen molar-refractivity contribution in [3.8, 4) is 0 Å². The van der Waals surface area contributed by atoms with Gasteiger partial charge < -0.3 is 5.73 Å². The third kappa shape index (κ3) is 5.30. The minimum atomic E-state index is -0.393. The second kappa shape index (κ2) is 8.30. The zero-order valence-corrected chi connectivity index (χ0v) is 13.1. The lowest BCUT2D eigenvalue weighted by Gasteiger charge is -2.07. The summed E-state index contributed by atoms with van der Waals surface area (Å²) in [4.78, 5) is 27.5. The third-order valence-electron chi connectivity index (χ3n) is 2.46. The minimum Gasteiger partial charge on any atom is -0.399 e. The summed E-state index contributed by atoms with van der Waals surface area (Å²) in [6.45, 7) is 0. The number of benzene rings is 1. The van der Waals surface area contributed by atoms with Crippen LogP contribution in [0.5, 0.6) is 0 Å². The van der Waals surface area contributed by atoms with Crippen molar-refractivity contribution in [2.75, 3.05) is 11.5 Å². The summed E-state index contributed by atoms with van der Waals surface area (Å²) >= 11 is 0. The fourth-order valence-electron chi connectivity index (χ4n) is 1.41. The first-order valence-corrected chi connectivity index (χ1v) is 8.62. The van der Waals surface area contributed by atoms with Crippen LogP contribution in [-0.4, -0.2) is 22.6 Å². The van der Waals surface area contributed by atoms with Crippen LogP contribution in [0.4, 0.5) is 5.69 Å². The molecule has 0 saturated heterocycles. The number of rotatable bonds is 5. The number of amides is 2. The van der Waals surface area contributed by atoms with Crippen molar-refractivity contribution < 1.29 is 9.59 Å². The molecule has 0 spiro atoms. The second-order valence-electron chi connectivity index (χ2n) is 4.14. The van der Waals surface area contributed by atoms with E-state index in [9.17, 15) is 9.59 Å². The molecule has 0 saturated carbocycles. The Morgan fingerprint density at radius 2 is 1.86 bits per heavy atom. The number of hydrogen-bond acceptors (Lipinski definition) is 6. The van der Waals surface area contributed by atoms with Crippen molar-refractivity contribution in [2.45, 2.75) is 5.03 Å². The molecule has 0 aliphatic heterocycles. The summed E-state index contributed by atoms with van der Waals surface area (Å²) in [7, 11) is 2.74. The average molecular weight is 334 g/mol. The molecule has 114 valence electrons. The van der Waals surface area contributed by atoms with Crippen LogP contribution in [0.1, 0.15) is 10.4 Å². The molecule has 0 bridgehead atoms. The molecule has 0 aliphatic carbocycles. The fraction of sp³-hybridized carbons (Fsp3) is 0.0714. The van der Waals surface area contributed by atoms with E-state index in [0.29, 0.717) is 11.3 Å². The van der Waals surface area contributed by atoms with Crippen LogP contribution in [0.3, 0.4) is 0 Å². The number of aromatic nitrogens is 1. The Morgan fingerprint density at radius 1 is 1.09 bits per heavy atom. The number of hydrogen-bond donors (Lipinski definition) is 3. The number of nitrogens with two attached hydrogens (primary N) is 1. The monoisotopic (exact) mass is 334 g/mol. The zero-order valence-electron chi connectivity index (χ0n) is 11.5. The van der Waals surface area contributed by atoms with Gasteiger partial charge >= 0.3 is 0 Å². The smallest absolute Gasteiger partial charge is 0.269 e. The van der Waals surface area contributed by atoms with Gasteiger partial charge in [-0.3, -0.25) is 20.4 Å². The minimum absolute atomic E-state index is 0.198. The predicted molar refractivity (Wildman–Crippen MR) is 89.0 cm³/mol. The number of nitrogens with zero attached hydrogens (tertiary/aromatic N) is 1. The molecule has 0 radical (unpaired) electrons. The number of hydrazine groups is 1. The maximum Gasteiger partial charge on any atom is 0.269 e. The summed E-state index contributed by atoms with van der Waals surface area (Å²) in [5, 5.41) is 0.825. The molecule has 1 aromatic carbocycles. The van der Waals surface area contributed by atoms with Crippen LogP contribution < -0.4 is 16.6 Å².